The highest BCUT2D eigenvalue weighted by atomic mass is 16.4. The molecule has 0 aromatic carbocycles. The standard InChI is InChI=1S/C14H20N2O2/c1-3-10-4-5-12(9(10)2)16-13-6-7-15-8-11(13)14(17)18/h6-10,12H,3-5H2,1-2H3,(H,15,16)(H,17,18). The maximum absolute atomic E-state index is 11.1. The van der Waals surface area contributed by atoms with Crippen molar-refractivity contribution in [2.45, 2.75) is 39.2 Å². The van der Waals surface area contributed by atoms with E-state index >= 15 is 0 Å². The fourth-order valence-electron chi connectivity index (χ4n) is 2.92. The minimum absolute atomic E-state index is 0.254. The van der Waals surface area contributed by atoms with Gasteiger partial charge in [0.15, 0.2) is 0 Å². The fraction of sp³-hybridized carbons (Fsp3) is 0.571. The number of nitrogens with one attached hydrogen (secondary N) is 1. The SMILES string of the molecule is CCC1CCC(Nc2ccncc2C(=O)O)C1C. The van der Waals surface area contributed by atoms with E-state index in [0.29, 0.717) is 17.6 Å². The molecule has 1 aromatic rings. The molecule has 98 valence electrons. The van der Waals surface area contributed by atoms with Crippen LogP contribution in [0.5, 0.6) is 0 Å². The summed E-state index contributed by atoms with van der Waals surface area (Å²) < 4.78 is 0. The summed E-state index contributed by atoms with van der Waals surface area (Å²) in [5.41, 5.74) is 0.941. The number of hydrogen-bond acceptors (Lipinski definition) is 3. The molecule has 3 unspecified atom stereocenters. The number of anilines is 1. The van der Waals surface area contributed by atoms with Gasteiger partial charge in [-0.2, -0.15) is 0 Å². The lowest BCUT2D eigenvalue weighted by molar-refractivity contribution is 0.0697. The van der Waals surface area contributed by atoms with Crippen molar-refractivity contribution in [1.29, 1.82) is 0 Å². The lowest BCUT2D eigenvalue weighted by Crippen LogP contribution is -2.25. The maximum Gasteiger partial charge on any atom is 0.339 e. The highest BCUT2D eigenvalue weighted by molar-refractivity contribution is 5.93. The van der Waals surface area contributed by atoms with Crippen LogP contribution in [0, 0.1) is 11.8 Å². The summed E-state index contributed by atoms with van der Waals surface area (Å²) in [5, 5.41) is 12.5. The number of carbonyl (C=O) groups is 1. The summed E-state index contributed by atoms with van der Waals surface area (Å²) in [4.78, 5) is 15.0. The number of carboxylic acid groups (broad SMARTS) is 1. The highest BCUT2D eigenvalue weighted by Crippen LogP contribution is 2.36. The zero-order valence-electron chi connectivity index (χ0n) is 10.9. The Balaban J connectivity index is 2.13. The summed E-state index contributed by atoms with van der Waals surface area (Å²) in [6.45, 7) is 4.47. The van der Waals surface area contributed by atoms with E-state index in [0.717, 1.165) is 12.3 Å². The van der Waals surface area contributed by atoms with Gasteiger partial charge >= 0.3 is 5.97 Å². The first kappa shape index (κ1) is 12.9. The van der Waals surface area contributed by atoms with Crippen LogP contribution in [0.2, 0.25) is 0 Å². The Hall–Kier alpha value is -1.58. The van der Waals surface area contributed by atoms with E-state index < -0.39 is 5.97 Å². The average molecular weight is 248 g/mol. The molecule has 1 heterocycles. The quantitative estimate of drug-likeness (QED) is 0.859. The second-order valence-electron chi connectivity index (χ2n) is 5.08. The molecular weight excluding hydrogens is 228 g/mol. The first-order chi connectivity index (χ1) is 8.63. The van der Waals surface area contributed by atoms with Gasteiger partial charge in [-0.15, -0.1) is 0 Å². The molecular formula is C14H20N2O2. The first-order valence-corrected chi connectivity index (χ1v) is 6.57. The second kappa shape index (κ2) is 5.38. The van der Waals surface area contributed by atoms with Gasteiger partial charge < -0.3 is 10.4 Å². The van der Waals surface area contributed by atoms with Crippen molar-refractivity contribution < 1.29 is 9.90 Å². The number of pyridine rings is 1. The molecule has 3 atom stereocenters. The predicted octanol–water partition coefficient (Wildman–Crippen LogP) is 3.02. The van der Waals surface area contributed by atoms with Crippen molar-refractivity contribution in [3.05, 3.63) is 24.0 Å². The van der Waals surface area contributed by atoms with Gasteiger partial charge in [0.05, 0.1) is 5.69 Å². The summed E-state index contributed by atoms with van der Waals surface area (Å²) in [7, 11) is 0. The highest BCUT2D eigenvalue weighted by Gasteiger charge is 2.31. The van der Waals surface area contributed by atoms with Gasteiger partial charge in [-0.1, -0.05) is 20.3 Å². The van der Waals surface area contributed by atoms with Gasteiger partial charge in [0.25, 0.3) is 0 Å². The zero-order chi connectivity index (χ0) is 13.1. The molecule has 0 amide bonds. The van der Waals surface area contributed by atoms with Crippen LogP contribution in [-0.2, 0) is 0 Å². The van der Waals surface area contributed by atoms with Crippen LogP contribution in [0.4, 0.5) is 5.69 Å². The summed E-state index contributed by atoms with van der Waals surface area (Å²) in [6.07, 6.45) is 6.57. The molecule has 18 heavy (non-hydrogen) atoms. The second-order valence-corrected chi connectivity index (χ2v) is 5.08. The Morgan fingerprint density at radius 2 is 2.33 bits per heavy atom. The first-order valence-electron chi connectivity index (χ1n) is 6.57. The number of aromatic nitrogens is 1. The number of carboxylic acids is 1. The molecule has 0 bridgehead atoms. The largest absolute Gasteiger partial charge is 0.478 e. The summed E-state index contributed by atoms with van der Waals surface area (Å²) in [5.74, 6) is 0.408. The Morgan fingerprint density at radius 1 is 1.56 bits per heavy atom. The normalized spacial score (nSPS) is 27.1. The van der Waals surface area contributed by atoms with Crippen molar-refractivity contribution in [2.75, 3.05) is 5.32 Å². The van der Waals surface area contributed by atoms with Gasteiger partial charge in [-0.25, -0.2) is 4.79 Å². The molecule has 2 rings (SSSR count). The summed E-state index contributed by atoms with van der Waals surface area (Å²) in [6, 6.07) is 2.12. The lowest BCUT2D eigenvalue weighted by atomic mass is 9.93. The molecule has 0 aliphatic heterocycles. The van der Waals surface area contributed by atoms with E-state index in [4.69, 9.17) is 5.11 Å². The van der Waals surface area contributed by atoms with Crippen LogP contribution in [0.3, 0.4) is 0 Å². The minimum Gasteiger partial charge on any atom is -0.478 e. The molecule has 4 nitrogen and oxygen atoms in total. The molecule has 1 aliphatic carbocycles. The molecule has 0 spiro atoms. The number of hydrogen-bond donors (Lipinski definition) is 2. The van der Waals surface area contributed by atoms with Crippen LogP contribution in [-0.4, -0.2) is 22.1 Å². The minimum atomic E-state index is -0.928. The van der Waals surface area contributed by atoms with Crippen LogP contribution in [0.1, 0.15) is 43.5 Å². The third-order valence-corrected chi connectivity index (χ3v) is 4.14. The Bertz CT molecular complexity index is 434. The average Bonchev–Trinajstić information content (AvgIpc) is 2.71. The van der Waals surface area contributed by atoms with E-state index in [1.807, 2.05) is 0 Å². The molecule has 1 saturated carbocycles. The third-order valence-electron chi connectivity index (χ3n) is 4.14. The van der Waals surface area contributed by atoms with Gasteiger partial charge in [-0.3, -0.25) is 4.98 Å². The van der Waals surface area contributed by atoms with Crippen LogP contribution in [0.15, 0.2) is 18.5 Å². The number of rotatable bonds is 4. The molecule has 1 aromatic heterocycles. The Morgan fingerprint density at radius 3 is 2.94 bits per heavy atom. The van der Waals surface area contributed by atoms with E-state index in [9.17, 15) is 4.79 Å². The van der Waals surface area contributed by atoms with Crippen LogP contribution < -0.4 is 5.32 Å². The Labute approximate surface area is 107 Å². The topological polar surface area (TPSA) is 62.2 Å². The predicted molar refractivity (Wildman–Crippen MR) is 70.8 cm³/mol. The number of nitrogens with zero attached hydrogens (tertiary/aromatic N) is 1. The smallest absolute Gasteiger partial charge is 0.339 e. The van der Waals surface area contributed by atoms with E-state index in [2.05, 4.69) is 24.1 Å². The lowest BCUT2D eigenvalue weighted by Gasteiger charge is -2.22. The van der Waals surface area contributed by atoms with Crippen LogP contribution >= 0.6 is 0 Å². The Kier molecular flexibility index (Phi) is 3.84. The van der Waals surface area contributed by atoms with Gasteiger partial charge in [0.1, 0.15) is 5.56 Å². The van der Waals surface area contributed by atoms with E-state index in [1.165, 1.54) is 19.0 Å². The third kappa shape index (κ3) is 2.47. The van der Waals surface area contributed by atoms with E-state index in [-0.39, 0.29) is 5.56 Å². The van der Waals surface area contributed by atoms with Crippen molar-refractivity contribution in [1.82, 2.24) is 4.98 Å². The maximum atomic E-state index is 11.1. The van der Waals surface area contributed by atoms with Crippen molar-refractivity contribution in [2.24, 2.45) is 11.8 Å². The van der Waals surface area contributed by atoms with Gasteiger partial charge in [0.2, 0.25) is 0 Å². The van der Waals surface area contributed by atoms with Gasteiger partial charge in [0, 0.05) is 18.4 Å². The summed E-state index contributed by atoms with van der Waals surface area (Å²) >= 11 is 0. The zero-order valence-corrected chi connectivity index (χ0v) is 10.9. The van der Waals surface area contributed by atoms with E-state index in [1.54, 1.807) is 12.3 Å². The molecule has 1 fully saturated rings. The van der Waals surface area contributed by atoms with Gasteiger partial charge in [-0.05, 0) is 30.7 Å². The van der Waals surface area contributed by atoms with Crippen molar-refractivity contribution in [3.63, 3.8) is 0 Å². The van der Waals surface area contributed by atoms with Crippen molar-refractivity contribution >= 4 is 11.7 Å². The molecule has 4 heteroatoms. The monoisotopic (exact) mass is 248 g/mol. The number of aromatic carboxylic acids is 1. The molecule has 0 radical (unpaired) electrons. The molecule has 2 N–H and O–H groups in total. The van der Waals surface area contributed by atoms with Crippen molar-refractivity contribution in [3.8, 4) is 0 Å². The fourth-order valence-corrected chi connectivity index (χ4v) is 2.92. The molecule has 0 saturated heterocycles. The van der Waals surface area contributed by atoms with Crippen LogP contribution in [0.25, 0.3) is 0 Å². The molecule has 1 aliphatic rings.